The Kier molecular flexibility index (Phi) is 6.89. The number of carbonyl (C=O) groups is 1. The topological polar surface area (TPSA) is 85.2 Å². The van der Waals surface area contributed by atoms with Crippen molar-refractivity contribution in [3.8, 4) is 5.75 Å². The molecule has 1 aromatic rings. The number of amides is 1. The Bertz CT molecular complexity index is 697. The normalized spacial score (nSPS) is 15.5. The van der Waals surface area contributed by atoms with E-state index in [1.54, 1.807) is 4.90 Å². The zero-order chi connectivity index (χ0) is 20.2. The fraction of sp³-hybridized carbons (Fsp3) is 0.611. The third-order valence-electron chi connectivity index (χ3n) is 4.04. The van der Waals surface area contributed by atoms with E-state index in [4.69, 9.17) is 21.1 Å². The van der Waals surface area contributed by atoms with E-state index in [9.17, 15) is 14.9 Å². The molecule has 1 fully saturated rings. The highest BCUT2D eigenvalue weighted by atomic mass is 35.5. The highest BCUT2D eigenvalue weighted by Crippen LogP contribution is 2.33. The maximum atomic E-state index is 12.2. The smallest absolute Gasteiger partial charge is 0.410 e. The lowest BCUT2D eigenvalue weighted by atomic mass is 10.1. The van der Waals surface area contributed by atoms with E-state index in [0.29, 0.717) is 50.6 Å². The van der Waals surface area contributed by atoms with E-state index in [-0.39, 0.29) is 16.8 Å². The molecule has 0 aromatic heterocycles. The number of benzene rings is 1. The molecule has 8 nitrogen and oxygen atoms in total. The zero-order valence-corrected chi connectivity index (χ0v) is 16.9. The number of nitro benzene ring substituents is 1. The molecule has 27 heavy (non-hydrogen) atoms. The summed E-state index contributed by atoms with van der Waals surface area (Å²) in [5.74, 6) is 0.544. The Labute approximate surface area is 164 Å². The van der Waals surface area contributed by atoms with Gasteiger partial charge in [0, 0.05) is 50.4 Å². The number of piperazine rings is 1. The second-order valence-electron chi connectivity index (χ2n) is 7.35. The first-order chi connectivity index (χ1) is 12.6. The van der Waals surface area contributed by atoms with Gasteiger partial charge in [-0.2, -0.15) is 0 Å². The molecule has 1 aliphatic heterocycles. The van der Waals surface area contributed by atoms with Crippen LogP contribution in [0.3, 0.4) is 0 Å². The summed E-state index contributed by atoms with van der Waals surface area (Å²) in [6, 6.07) is 2.96. The van der Waals surface area contributed by atoms with Crippen molar-refractivity contribution in [1.29, 1.82) is 0 Å². The summed E-state index contributed by atoms with van der Waals surface area (Å²) in [6.07, 6.45) is -0.320. The molecule has 0 N–H and O–H groups in total. The minimum absolute atomic E-state index is 0.0574. The van der Waals surface area contributed by atoms with Gasteiger partial charge in [-0.25, -0.2) is 4.79 Å². The minimum Gasteiger partial charge on any atom is -0.493 e. The SMILES string of the molecule is CCOc1cc(Cl)c([N+](=O)[O-])cc1CN1CCN(C(=O)OC(C)(C)C)CC1. The Hall–Kier alpha value is -2.06. The Morgan fingerprint density at radius 3 is 2.41 bits per heavy atom. The fourth-order valence-corrected chi connectivity index (χ4v) is 3.02. The predicted molar refractivity (Wildman–Crippen MR) is 102 cm³/mol. The standard InChI is InChI=1S/C18H26ClN3O5/c1-5-26-16-11-14(19)15(22(24)25)10-13(16)12-20-6-8-21(9-7-20)17(23)27-18(2,3)4/h10-11H,5-9,12H2,1-4H3. The molecule has 0 unspecified atom stereocenters. The van der Waals surface area contributed by atoms with Gasteiger partial charge < -0.3 is 14.4 Å². The monoisotopic (exact) mass is 399 g/mol. The number of hydrogen-bond donors (Lipinski definition) is 0. The lowest BCUT2D eigenvalue weighted by molar-refractivity contribution is -0.384. The molecule has 0 radical (unpaired) electrons. The van der Waals surface area contributed by atoms with Crippen LogP contribution in [0, 0.1) is 10.1 Å². The van der Waals surface area contributed by atoms with Gasteiger partial charge >= 0.3 is 6.09 Å². The average Bonchev–Trinajstić information content (AvgIpc) is 2.56. The second-order valence-corrected chi connectivity index (χ2v) is 7.75. The van der Waals surface area contributed by atoms with Gasteiger partial charge in [0.2, 0.25) is 0 Å². The highest BCUT2D eigenvalue weighted by molar-refractivity contribution is 6.32. The fourth-order valence-electron chi connectivity index (χ4n) is 2.80. The van der Waals surface area contributed by atoms with E-state index >= 15 is 0 Å². The van der Waals surface area contributed by atoms with E-state index in [1.807, 2.05) is 27.7 Å². The molecule has 1 amide bonds. The minimum atomic E-state index is -0.525. The van der Waals surface area contributed by atoms with Crippen molar-refractivity contribution >= 4 is 23.4 Å². The number of nitrogens with zero attached hydrogens (tertiary/aromatic N) is 3. The van der Waals surface area contributed by atoms with Gasteiger partial charge in [-0.3, -0.25) is 15.0 Å². The molecule has 2 rings (SSSR count). The van der Waals surface area contributed by atoms with E-state index in [1.165, 1.54) is 12.1 Å². The van der Waals surface area contributed by atoms with Crippen LogP contribution in [0.25, 0.3) is 0 Å². The van der Waals surface area contributed by atoms with Crippen molar-refractivity contribution in [1.82, 2.24) is 9.80 Å². The van der Waals surface area contributed by atoms with Crippen LogP contribution < -0.4 is 4.74 Å². The number of ether oxygens (including phenoxy) is 2. The summed E-state index contributed by atoms with van der Waals surface area (Å²) in [4.78, 5) is 26.6. The lowest BCUT2D eigenvalue weighted by Gasteiger charge is -2.35. The molecule has 150 valence electrons. The summed E-state index contributed by atoms with van der Waals surface area (Å²) < 4.78 is 11.0. The van der Waals surface area contributed by atoms with Gasteiger partial charge in [-0.15, -0.1) is 0 Å². The summed E-state index contributed by atoms with van der Waals surface area (Å²) in [5.41, 5.74) is 0.0456. The van der Waals surface area contributed by atoms with Crippen molar-refractivity contribution in [2.24, 2.45) is 0 Å². The van der Waals surface area contributed by atoms with Crippen LogP contribution in [0.2, 0.25) is 5.02 Å². The molecule has 1 aliphatic rings. The van der Waals surface area contributed by atoms with Crippen LogP contribution >= 0.6 is 11.6 Å². The highest BCUT2D eigenvalue weighted by Gasteiger charge is 2.27. The van der Waals surface area contributed by atoms with Crippen LogP contribution in [-0.2, 0) is 11.3 Å². The van der Waals surface area contributed by atoms with Crippen LogP contribution in [0.4, 0.5) is 10.5 Å². The predicted octanol–water partition coefficient (Wildman–Crippen LogP) is 3.70. The molecule has 1 aromatic carbocycles. The Morgan fingerprint density at radius 2 is 1.89 bits per heavy atom. The van der Waals surface area contributed by atoms with Crippen LogP contribution in [0.15, 0.2) is 12.1 Å². The van der Waals surface area contributed by atoms with Crippen molar-refractivity contribution in [2.45, 2.75) is 39.8 Å². The molecule has 0 saturated carbocycles. The molecule has 0 bridgehead atoms. The molecule has 0 aliphatic carbocycles. The van der Waals surface area contributed by atoms with Crippen molar-refractivity contribution < 1.29 is 19.2 Å². The maximum Gasteiger partial charge on any atom is 0.410 e. The van der Waals surface area contributed by atoms with Gasteiger partial charge in [-0.05, 0) is 27.7 Å². The summed E-state index contributed by atoms with van der Waals surface area (Å²) in [6.45, 7) is 10.6. The number of hydrogen-bond acceptors (Lipinski definition) is 6. The molecule has 9 heteroatoms. The Balaban J connectivity index is 2.05. The Morgan fingerprint density at radius 1 is 1.26 bits per heavy atom. The van der Waals surface area contributed by atoms with Crippen LogP contribution in [0.1, 0.15) is 33.3 Å². The second kappa shape index (κ2) is 8.75. The number of nitro groups is 1. The molecular formula is C18H26ClN3O5. The molecule has 0 atom stereocenters. The van der Waals surface area contributed by atoms with Crippen molar-refractivity contribution in [2.75, 3.05) is 32.8 Å². The van der Waals surface area contributed by atoms with Crippen molar-refractivity contribution in [3.63, 3.8) is 0 Å². The van der Waals surface area contributed by atoms with Crippen LogP contribution in [0.5, 0.6) is 5.75 Å². The third kappa shape index (κ3) is 5.97. The number of rotatable bonds is 5. The maximum absolute atomic E-state index is 12.2. The number of halogens is 1. The van der Waals surface area contributed by atoms with Gasteiger partial charge in [0.25, 0.3) is 5.69 Å². The molecular weight excluding hydrogens is 374 g/mol. The van der Waals surface area contributed by atoms with Gasteiger partial charge in [0.05, 0.1) is 11.5 Å². The first-order valence-corrected chi connectivity index (χ1v) is 9.28. The first kappa shape index (κ1) is 21.2. The van der Waals surface area contributed by atoms with E-state index in [0.717, 1.165) is 0 Å². The number of carbonyl (C=O) groups excluding carboxylic acids is 1. The summed E-state index contributed by atoms with van der Waals surface area (Å²) in [5, 5.41) is 11.2. The zero-order valence-electron chi connectivity index (χ0n) is 16.2. The largest absolute Gasteiger partial charge is 0.493 e. The quantitative estimate of drug-likeness (QED) is 0.554. The van der Waals surface area contributed by atoms with E-state index < -0.39 is 10.5 Å². The third-order valence-corrected chi connectivity index (χ3v) is 4.35. The summed E-state index contributed by atoms with van der Waals surface area (Å²) in [7, 11) is 0. The average molecular weight is 400 g/mol. The lowest BCUT2D eigenvalue weighted by Crippen LogP contribution is -2.49. The molecule has 0 spiro atoms. The van der Waals surface area contributed by atoms with Crippen LogP contribution in [-0.4, -0.2) is 59.2 Å². The van der Waals surface area contributed by atoms with E-state index in [2.05, 4.69) is 4.90 Å². The molecule has 1 saturated heterocycles. The van der Waals surface area contributed by atoms with Gasteiger partial charge in [0.15, 0.2) is 0 Å². The molecule has 1 heterocycles. The first-order valence-electron chi connectivity index (χ1n) is 8.90. The van der Waals surface area contributed by atoms with Gasteiger partial charge in [0.1, 0.15) is 16.4 Å². The van der Waals surface area contributed by atoms with Gasteiger partial charge in [-0.1, -0.05) is 11.6 Å². The van der Waals surface area contributed by atoms with Crippen molar-refractivity contribution in [3.05, 3.63) is 32.8 Å². The summed E-state index contributed by atoms with van der Waals surface area (Å²) >= 11 is 5.99.